The lowest BCUT2D eigenvalue weighted by Gasteiger charge is -2.07. The minimum atomic E-state index is 0.714. The van der Waals surface area contributed by atoms with Gasteiger partial charge in [-0.15, -0.1) is 0 Å². The van der Waals surface area contributed by atoms with Crippen LogP contribution in [-0.2, 0) is 0 Å². The van der Waals surface area contributed by atoms with Gasteiger partial charge in [0.25, 0.3) is 0 Å². The van der Waals surface area contributed by atoms with E-state index in [1.165, 1.54) is 11.7 Å². The van der Waals surface area contributed by atoms with Crippen LogP contribution in [0.2, 0.25) is 5.02 Å². The van der Waals surface area contributed by atoms with Crippen molar-refractivity contribution in [2.45, 2.75) is 19.8 Å². The topological polar surface area (TPSA) is 37.8 Å². The summed E-state index contributed by atoms with van der Waals surface area (Å²) < 4.78 is 8.42. The highest BCUT2D eigenvalue weighted by atomic mass is 35.5. The molecule has 3 nitrogen and oxygen atoms in total. The molecule has 0 saturated carbocycles. The van der Waals surface area contributed by atoms with Gasteiger partial charge in [0.1, 0.15) is 11.0 Å². The average Bonchev–Trinajstić information content (AvgIpc) is 2.69. The van der Waals surface area contributed by atoms with Gasteiger partial charge in [-0.05, 0) is 18.6 Å². The first-order chi connectivity index (χ1) is 7.33. The van der Waals surface area contributed by atoms with Crippen LogP contribution in [0.25, 0.3) is 11.0 Å². The summed E-state index contributed by atoms with van der Waals surface area (Å²) in [6.45, 7) is 3.08. The fraction of sp³-hybridized carbons (Fsp3) is 0.400. The summed E-state index contributed by atoms with van der Waals surface area (Å²) in [6, 6.07) is 3.76. The predicted molar refractivity (Wildman–Crippen MR) is 65.8 cm³/mol. The van der Waals surface area contributed by atoms with E-state index in [9.17, 15) is 0 Å². The predicted octanol–water partition coefficient (Wildman–Crippen LogP) is 3.56. The summed E-state index contributed by atoms with van der Waals surface area (Å²) in [4.78, 5) is 0. The van der Waals surface area contributed by atoms with Crippen LogP contribution < -0.4 is 5.32 Å². The van der Waals surface area contributed by atoms with Crippen LogP contribution in [0.5, 0.6) is 0 Å². The van der Waals surface area contributed by atoms with E-state index in [2.05, 4.69) is 21.0 Å². The first-order valence-corrected chi connectivity index (χ1v) is 6.08. The van der Waals surface area contributed by atoms with E-state index in [0.717, 1.165) is 36.1 Å². The molecule has 0 saturated heterocycles. The SMILES string of the molecule is CCCCNc1c(Cl)ccc2nsnc12. The van der Waals surface area contributed by atoms with E-state index in [4.69, 9.17) is 11.6 Å². The highest BCUT2D eigenvalue weighted by Gasteiger charge is 2.08. The molecule has 5 heteroatoms. The molecule has 1 N–H and O–H groups in total. The van der Waals surface area contributed by atoms with E-state index in [-0.39, 0.29) is 0 Å². The van der Waals surface area contributed by atoms with Gasteiger partial charge in [-0.3, -0.25) is 0 Å². The Morgan fingerprint density at radius 2 is 2.27 bits per heavy atom. The van der Waals surface area contributed by atoms with Crippen LogP contribution >= 0.6 is 23.3 Å². The van der Waals surface area contributed by atoms with Gasteiger partial charge in [-0.2, -0.15) is 8.75 Å². The van der Waals surface area contributed by atoms with Crippen LogP contribution in [0.15, 0.2) is 12.1 Å². The molecule has 0 atom stereocenters. The zero-order valence-corrected chi connectivity index (χ0v) is 10.0. The molecule has 2 aromatic rings. The van der Waals surface area contributed by atoms with Crippen molar-refractivity contribution in [3.8, 4) is 0 Å². The monoisotopic (exact) mass is 241 g/mol. The van der Waals surface area contributed by atoms with Gasteiger partial charge >= 0.3 is 0 Å². The number of hydrogen-bond acceptors (Lipinski definition) is 4. The normalized spacial score (nSPS) is 10.8. The van der Waals surface area contributed by atoms with Crippen LogP contribution in [0.1, 0.15) is 19.8 Å². The number of nitrogens with one attached hydrogen (secondary N) is 1. The third-order valence-electron chi connectivity index (χ3n) is 2.21. The smallest absolute Gasteiger partial charge is 0.129 e. The Morgan fingerprint density at radius 1 is 1.40 bits per heavy atom. The number of halogens is 1. The lowest BCUT2D eigenvalue weighted by Crippen LogP contribution is -2.02. The molecule has 80 valence electrons. The van der Waals surface area contributed by atoms with E-state index >= 15 is 0 Å². The fourth-order valence-electron chi connectivity index (χ4n) is 1.39. The molecule has 1 aromatic carbocycles. The summed E-state index contributed by atoms with van der Waals surface area (Å²) in [5.74, 6) is 0. The van der Waals surface area contributed by atoms with Gasteiger partial charge in [0, 0.05) is 6.54 Å². The standard InChI is InChI=1S/C10H12ClN3S/c1-2-3-6-12-9-7(11)4-5-8-10(9)14-15-13-8/h4-5,12H,2-3,6H2,1H3. The summed E-state index contributed by atoms with van der Waals surface area (Å²) >= 11 is 7.33. The van der Waals surface area contributed by atoms with Gasteiger partial charge in [0.05, 0.1) is 22.4 Å². The molecule has 0 bridgehead atoms. The molecule has 0 radical (unpaired) electrons. The molecule has 1 aromatic heterocycles. The Labute approximate surface area is 97.8 Å². The number of rotatable bonds is 4. The van der Waals surface area contributed by atoms with Crippen molar-refractivity contribution in [3.05, 3.63) is 17.2 Å². The third-order valence-corrected chi connectivity index (χ3v) is 3.07. The zero-order valence-electron chi connectivity index (χ0n) is 8.46. The van der Waals surface area contributed by atoms with Crippen LogP contribution in [0.4, 0.5) is 5.69 Å². The fourth-order valence-corrected chi connectivity index (χ4v) is 2.15. The zero-order chi connectivity index (χ0) is 10.7. The third kappa shape index (κ3) is 2.21. The van der Waals surface area contributed by atoms with Crippen molar-refractivity contribution < 1.29 is 0 Å². The second-order valence-electron chi connectivity index (χ2n) is 3.33. The minimum Gasteiger partial charge on any atom is -0.382 e. The number of benzene rings is 1. The molecule has 0 spiro atoms. The minimum absolute atomic E-state index is 0.714. The van der Waals surface area contributed by atoms with Crippen LogP contribution in [-0.4, -0.2) is 15.3 Å². The average molecular weight is 242 g/mol. The first kappa shape index (κ1) is 10.6. The molecule has 0 fully saturated rings. The molecule has 2 rings (SSSR count). The second kappa shape index (κ2) is 4.77. The molecule has 0 aliphatic rings. The Balaban J connectivity index is 2.30. The van der Waals surface area contributed by atoms with Crippen molar-refractivity contribution in [3.63, 3.8) is 0 Å². The number of anilines is 1. The lowest BCUT2D eigenvalue weighted by molar-refractivity contribution is 0.835. The van der Waals surface area contributed by atoms with Gasteiger partial charge in [-0.1, -0.05) is 24.9 Å². The van der Waals surface area contributed by atoms with Crippen molar-refractivity contribution in [2.24, 2.45) is 0 Å². The molecule has 0 aliphatic carbocycles. The van der Waals surface area contributed by atoms with E-state index in [0.29, 0.717) is 5.02 Å². The number of fused-ring (bicyclic) bond motifs is 1. The molecule has 0 aliphatic heterocycles. The Kier molecular flexibility index (Phi) is 3.38. The van der Waals surface area contributed by atoms with Crippen molar-refractivity contribution in [2.75, 3.05) is 11.9 Å². The van der Waals surface area contributed by atoms with Gasteiger partial charge < -0.3 is 5.32 Å². The Bertz CT molecular complexity index is 455. The summed E-state index contributed by atoms with van der Waals surface area (Å²) in [7, 11) is 0. The Hall–Kier alpha value is -0.870. The lowest BCUT2D eigenvalue weighted by atomic mass is 10.2. The quantitative estimate of drug-likeness (QED) is 0.832. The Morgan fingerprint density at radius 3 is 3.07 bits per heavy atom. The van der Waals surface area contributed by atoms with Gasteiger partial charge in [-0.25, -0.2) is 0 Å². The van der Waals surface area contributed by atoms with Crippen LogP contribution in [0, 0.1) is 0 Å². The van der Waals surface area contributed by atoms with Crippen molar-refractivity contribution >= 4 is 40.0 Å². The van der Waals surface area contributed by atoms with Crippen molar-refractivity contribution in [1.29, 1.82) is 0 Å². The molecule has 0 amide bonds. The van der Waals surface area contributed by atoms with E-state index < -0.39 is 0 Å². The number of aromatic nitrogens is 2. The molecule has 1 heterocycles. The summed E-state index contributed by atoms with van der Waals surface area (Å²) in [5, 5.41) is 4.03. The molecule has 15 heavy (non-hydrogen) atoms. The first-order valence-electron chi connectivity index (χ1n) is 4.97. The number of nitrogens with zero attached hydrogens (tertiary/aromatic N) is 2. The highest BCUT2D eigenvalue weighted by Crippen LogP contribution is 2.29. The molecular formula is C10H12ClN3S. The number of unbranched alkanes of at least 4 members (excludes halogenated alkanes) is 1. The number of hydrogen-bond donors (Lipinski definition) is 1. The summed E-state index contributed by atoms with van der Waals surface area (Å²) in [6.07, 6.45) is 2.29. The van der Waals surface area contributed by atoms with Gasteiger partial charge in [0.15, 0.2) is 0 Å². The van der Waals surface area contributed by atoms with Gasteiger partial charge in [0.2, 0.25) is 0 Å². The largest absolute Gasteiger partial charge is 0.382 e. The second-order valence-corrected chi connectivity index (χ2v) is 4.27. The van der Waals surface area contributed by atoms with E-state index in [1.807, 2.05) is 12.1 Å². The maximum Gasteiger partial charge on any atom is 0.129 e. The molecule has 0 unspecified atom stereocenters. The van der Waals surface area contributed by atoms with E-state index in [1.54, 1.807) is 0 Å². The van der Waals surface area contributed by atoms with Crippen molar-refractivity contribution in [1.82, 2.24) is 8.75 Å². The maximum absolute atomic E-state index is 6.11. The maximum atomic E-state index is 6.11. The highest BCUT2D eigenvalue weighted by molar-refractivity contribution is 7.00. The molecular weight excluding hydrogens is 230 g/mol. The summed E-state index contributed by atoms with van der Waals surface area (Å²) in [5.41, 5.74) is 2.70. The van der Waals surface area contributed by atoms with Crippen LogP contribution in [0.3, 0.4) is 0 Å².